The zero-order valence-corrected chi connectivity index (χ0v) is 20.1. The normalized spacial score (nSPS) is 24.8. The Morgan fingerprint density at radius 1 is 1.06 bits per heavy atom. The fourth-order valence-corrected chi connectivity index (χ4v) is 5.24. The van der Waals surface area contributed by atoms with Crippen LogP contribution in [0.2, 0.25) is 5.02 Å². The van der Waals surface area contributed by atoms with Crippen molar-refractivity contribution < 1.29 is 9.59 Å². The lowest BCUT2D eigenvalue weighted by Crippen LogP contribution is -2.42. The average molecular weight is 455 g/mol. The Kier molecular flexibility index (Phi) is 8.50. The predicted molar refractivity (Wildman–Crippen MR) is 131 cm³/mol. The van der Waals surface area contributed by atoms with Crippen LogP contribution in [0.25, 0.3) is 0 Å². The third kappa shape index (κ3) is 6.43. The molecule has 1 aliphatic carbocycles. The van der Waals surface area contributed by atoms with Gasteiger partial charge in [0.1, 0.15) is 6.29 Å². The number of nitrogens with zero attached hydrogens (tertiary/aromatic N) is 1. The number of carbonyl (C=O) groups is 2. The summed E-state index contributed by atoms with van der Waals surface area (Å²) < 4.78 is 0. The zero-order chi connectivity index (χ0) is 23.1. The monoisotopic (exact) mass is 454 g/mol. The molecule has 1 saturated heterocycles. The molecule has 4 nitrogen and oxygen atoms in total. The molecule has 2 aliphatic rings. The van der Waals surface area contributed by atoms with E-state index in [4.69, 9.17) is 11.6 Å². The first-order valence-electron chi connectivity index (χ1n) is 11.6. The number of carbonyl (C=O) groups excluding carboxylic acids is 2. The molecule has 4 rings (SSSR count). The van der Waals surface area contributed by atoms with Gasteiger partial charge < -0.3 is 15.0 Å². The van der Waals surface area contributed by atoms with E-state index in [0.29, 0.717) is 16.9 Å². The van der Waals surface area contributed by atoms with Crippen LogP contribution in [-0.2, 0) is 4.79 Å². The number of aldehydes is 1. The molecule has 172 valence electrons. The third-order valence-electron chi connectivity index (χ3n) is 6.79. The van der Waals surface area contributed by atoms with Crippen molar-refractivity contribution in [3.63, 3.8) is 0 Å². The number of nitrogens with one attached hydrogen (secondary N) is 1. The second-order valence-corrected chi connectivity index (χ2v) is 10.2. The molecule has 1 amide bonds. The Morgan fingerprint density at radius 3 is 2.38 bits per heavy atom. The summed E-state index contributed by atoms with van der Waals surface area (Å²) in [6.07, 6.45) is 5.02. The highest BCUT2D eigenvalue weighted by Gasteiger charge is 2.35. The van der Waals surface area contributed by atoms with Crippen LogP contribution >= 0.6 is 11.6 Å². The van der Waals surface area contributed by atoms with Crippen LogP contribution in [0.4, 0.5) is 0 Å². The fraction of sp³-hybridized carbons (Fsp3) is 0.481. The quantitative estimate of drug-likeness (QED) is 0.614. The number of rotatable bonds is 4. The van der Waals surface area contributed by atoms with Crippen molar-refractivity contribution in [3.8, 4) is 0 Å². The summed E-state index contributed by atoms with van der Waals surface area (Å²) in [5.41, 5.74) is 2.43. The largest absolute Gasteiger partial charge is 0.349 e. The lowest BCUT2D eigenvalue weighted by atomic mass is 9.71. The molecular weight excluding hydrogens is 420 g/mol. The summed E-state index contributed by atoms with van der Waals surface area (Å²) in [6, 6.07) is 17.5. The smallest absolute Gasteiger partial charge is 0.251 e. The third-order valence-corrected chi connectivity index (χ3v) is 7.04. The van der Waals surface area contributed by atoms with E-state index in [9.17, 15) is 9.59 Å². The van der Waals surface area contributed by atoms with E-state index >= 15 is 0 Å². The highest BCUT2D eigenvalue weighted by molar-refractivity contribution is 6.30. The maximum absolute atomic E-state index is 11.8. The minimum absolute atomic E-state index is 0.00679. The number of amides is 1. The molecule has 2 aromatic rings. The van der Waals surface area contributed by atoms with Gasteiger partial charge in [-0.1, -0.05) is 62.2 Å². The SMILES string of the molecule is CN1CCC(c2ccc(Cl)cc2)C(C)(C)C1.O=C[C@H]1CCC[C@H]1NC(=O)c1ccccc1. The molecule has 2 aromatic carbocycles. The van der Waals surface area contributed by atoms with Crippen molar-refractivity contribution in [2.24, 2.45) is 11.3 Å². The van der Waals surface area contributed by atoms with Gasteiger partial charge in [0, 0.05) is 29.1 Å². The molecule has 1 unspecified atom stereocenters. The second kappa shape index (κ2) is 11.1. The summed E-state index contributed by atoms with van der Waals surface area (Å²) in [6.45, 7) is 7.08. The maximum atomic E-state index is 11.8. The van der Waals surface area contributed by atoms with E-state index in [1.165, 1.54) is 25.1 Å². The van der Waals surface area contributed by atoms with Gasteiger partial charge in [-0.05, 0) is 74.0 Å². The molecule has 0 aromatic heterocycles. The molecule has 1 heterocycles. The van der Waals surface area contributed by atoms with Crippen LogP contribution in [0.1, 0.15) is 61.4 Å². The zero-order valence-electron chi connectivity index (χ0n) is 19.4. The highest BCUT2D eigenvalue weighted by Crippen LogP contribution is 2.41. The minimum Gasteiger partial charge on any atom is -0.349 e. The molecule has 1 saturated carbocycles. The number of benzene rings is 2. The van der Waals surface area contributed by atoms with Crippen molar-refractivity contribution in [1.29, 1.82) is 0 Å². The van der Waals surface area contributed by atoms with Crippen molar-refractivity contribution in [1.82, 2.24) is 10.2 Å². The summed E-state index contributed by atoms with van der Waals surface area (Å²) in [7, 11) is 2.21. The number of hydrogen-bond donors (Lipinski definition) is 1. The van der Waals surface area contributed by atoms with E-state index in [2.05, 4.69) is 43.2 Å². The summed E-state index contributed by atoms with van der Waals surface area (Å²) >= 11 is 5.94. The Hall–Kier alpha value is -2.17. The topological polar surface area (TPSA) is 49.4 Å². The molecule has 2 fully saturated rings. The van der Waals surface area contributed by atoms with E-state index in [0.717, 1.165) is 30.6 Å². The van der Waals surface area contributed by atoms with Crippen molar-refractivity contribution >= 4 is 23.8 Å². The molecule has 3 atom stereocenters. The van der Waals surface area contributed by atoms with E-state index in [1.807, 2.05) is 30.3 Å². The molecule has 5 heteroatoms. The number of hydrogen-bond acceptors (Lipinski definition) is 3. The highest BCUT2D eigenvalue weighted by atomic mass is 35.5. The van der Waals surface area contributed by atoms with Gasteiger partial charge in [-0.2, -0.15) is 0 Å². The van der Waals surface area contributed by atoms with Gasteiger partial charge in [0.25, 0.3) is 5.91 Å². The van der Waals surface area contributed by atoms with Gasteiger partial charge in [0.05, 0.1) is 0 Å². The Morgan fingerprint density at radius 2 is 1.75 bits per heavy atom. The van der Waals surface area contributed by atoms with Gasteiger partial charge >= 0.3 is 0 Å². The molecule has 32 heavy (non-hydrogen) atoms. The summed E-state index contributed by atoms with van der Waals surface area (Å²) in [5, 5.41) is 3.75. The number of halogens is 1. The molecular formula is C27H35ClN2O2. The number of piperidine rings is 1. The average Bonchev–Trinajstić information content (AvgIpc) is 3.22. The van der Waals surface area contributed by atoms with Crippen molar-refractivity contribution in [2.75, 3.05) is 20.1 Å². The van der Waals surface area contributed by atoms with Gasteiger partial charge in [0.15, 0.2) is 0 Å². The van der Waals surface area contributed by atoms with Crippen LogP contribution in [-0.4, -0.2) is 43.3 Å². The van der Waals surface area contributed by atoms with Crippen molar-refractivity contribution in [2.45, 2.75) is 51.5 Å². The predicted octanol–water partition coefficient (Wildman–Crippen LogP) is 5.57. The molecule has 0 spiro atoms. The van der Waals surface area contributed by atoms with Crippen LogP contribution in [0.15, 0.2) is 54.6 Å². The van der Waals surface area contributed by atoms with Crippen LogP contribution < -0.4 is 5.32 Å². The molecule has 0 radical (unpaired) electrons. The Labute approximate surface area is 197 Å². The summed E-state index contributed by atoms with van der Waals surface area (Å²) in [4.78, 5) is 25.0. The van der Waals surface area contributed by atoms with Crippen LogP contribution in [0, 0.1) is 11.3 Å². The molecule has 1 N–H and O–H groups in total. The van der Waals surface area contributed by atoms with Gasteiger partial charge in [-0.3, -0.25) is 4.79 Å². The minimum atomic E-state index is -0.0839. The fourth-order valence-electron chi connectivity index (χ4n) is 5.11. The van der Waals surface area contributed by atoms with Crippen molar-refractivity contribution in [3.05, 3.63) is 70.7 Å². The van der Waals surface area contributed by atoms with E-state index in [1.54, 1.807) is 12.1 Å². The number of likely N-dealkylation sites (tertiary alicyclic amines) is 1. The molecule has 1 aliphatic heterocycles. The standard InChI is InChI=1S/C14H20ClN.C13H15NO2/c1-14(2)10-16(3)9-8-13(14)11-4-6-12(15)7-5-11;15-9-11-7-4-8-12(11)14-13(16)10-5-2-1-3-6-10/h4-7,13H,8-10H2,1-3H3;1-3,5-6,9,11-12H,4,7-8H2,(H,14,16)/t;11-,12-/m.1/s1. The van der Waals surface area contributed by atoms with E-state index in [-0.39, 0.29) is 17.9 Å². The summed E-state index contributed by atoms with van der Waals surface area (Å²) in [5.74, 6) is 0.563. The van der Waals surface area contributed by atoms with Gasteiger partial charge in [-0.25, -0.2) is 0 Å². The lowest BCUT2D eigenvalue weighted by molar-refractivity contribution is -0.111. The molecule has 0 bridgehead atoms. The van der Waals surface area contributed by atoms with Crippen LogP contribution in [0.5, 0.6) is 0 Å². The van der Waals surface area contributed by atoms with Crippen LogP contribution in [0.3, 0.4) is 0 Å². The second-order valence-electron chi connectivity index (χ2n) is 9.80. The maximum Gasteiger partial charge on any atom is 0.251 e. The Balaban J connectivity index is 0.000000181. The van der Waals surface area contributed by atoms with Gasteiger partial charge in [-0.15, -0.1) is 0 Å². The first-order chi connectivity index (χ1) is 15.3. The van der Waals surface area contributed by atoms with E-state index < -0.39 is 0 Å². The first kappa shape index (κ1) is 24.5. The lowest BCUT2D eigenvalue weighted by Gasteiger charge is -2.43. The van der Waals surface area contributed by atoms with Gasteiger partial charge in [0.2, 0.25) is 0 Å². The first-order valence-corrected chi connectivity index (χ1v) is 11.9. The Bertz CT molecular complexity index is 882.